The molecule has 0 aromatic carbocycles. The number of carbonyl (C=O) groups is 1. The molecule has 1 aliphatic heterocycles. The molecule has 1 N–H and O–H groups in total. The third-order valence-corrected chi connectivity index (χ3v) is 2.99. The van der Waals surface area contributed by atoms with Crippen LogP contribution in [0.4, 0.5) is 0 Å². The van der Waals surface area contributed by atoms with Gasteiger partial charge in [0.05, 0.1) is 6.10 Å². The first-order valence-corrected chi connectivity index (χ1v) is 5.70. The van der Waals surface area contributed by atoms with Crippen molar-refractivity contribution >= 4 is 5.91 Å². The predicted molar refractivity (Wildman–Crippen MR) is 60.4 cm³/mol. The second-order valence-corrected chi connectivity index (χ2v) is 4.38. The molecule has 1 saturated heterocycles. The first-order chi connectivity index (χ1) is 7.06. The van der Waals surface area contributed by atoms with Gasteiger partial charge in [0.2, 0.25) is 5.91 Å². The summed E-state index contributed by atoms with van der Waals surface area (Å²) >= 11 is 0. The van der Waals surface area contributed by atoms with Crippen molar-refractivity contribution in [3.05, 3.63) is 11.6 Å². The Kier molecular flexibility index (Phi) is 4.33. The molecule has 2 unspecified atom stereocenters. The maximum absolute atomic E-state index is 11.9. The summed E-state index contributed by atoms with van der Waals surface area (Å²) in [6.45, 7) is 7.23. The van der Waals surface area contributed by atoms with E-state index in [0.717, 1.165) is 12.0 Å². The Bertz CT molecular complexity index is 260. The topological polar surface area (TPSA) is 40.5 Å². The zero-order valence-electron chi connectivity index (χ0n) is 9.86. The zero-order chi connectivity index (χ0) is 11.4. The minimum Gasteiger partial charge on any atom is -0.393 e. The first-order valence-electron chi connectivity index (χ1n) is 5.70. The van der Waals surface area contributed by atoms with Crippen LogP contribution in [-0.4, -0.2) is 35.1 Å². The van der Waals surface area contributed by atoms with Crippen LogP contribution in [0, 0.1) is 5.92 Å². The number of carbonyl (C=O) groups excluding carboxylic acids is 1. The maximum atomic E-state index is 11.9. The highest BCUT2D eigenvalue weighted by atomic mass is 16.3. The fraction of sp³-hybridized carbons (Fsp3) is 0.750. The molecule has 1 rings (SSSR count). The van der Waals surface area contributed by atoms with Crippen molar-refractivity contribution in [3.63, 3.8) is 0 Å². The van der Waals surface area contributed by atoms with E-state index in [0.29, 0.717) is 19.5 Å². The van der Waals surface area contributed by atoms with E-state index in [1.165, 1.54) is 0 Å². The zero-order valence-corrected chi connectivity index (χ0v) is 9.86. The van der Waals surface area contributed by atoms with Gasteiger partial charge in [-0.05, 0) is 25.7 Å². The second kappa shape index (κ2) is 5.31. The van der Waals surface area contributed by atoms with Gasteiger partial charge in [-0.15, -0.1) is 0 Å². The van der Waals surface area contributed by atoms with Crippen LogP contribution in [0.5, 0.6) is 0 Å². The van der Waals surface area contributed by atoms with Crippen molar-refractivity contribution in [1.29, 1.82) is 0 Å². The molecule has 1 heterocycles. The third-order valence-electron chi connectivity index (χ3n) is 2.99. The van der Waals surface area contributed by atoms with Crippen molar-refractivity contribution in [2.24, 2.45) is 5.92 Å². The molecule has 2 atom stereocenters. The second-order valence-electron chi connectivity index (χ2n) is 4.38. The number of aliphatic hydroxyl groups is 1. The molecule has 0 aromatic rings. The quantitative estimate of drug-likeness (QED) is 0.704. The van der Waals surface area contributed by atoms with Gasteiger partial charge in [-0.1, -0.05) is 19.9 Å². The number of allylic oxidation sites excluding steroid dienone is 1. The van der Waals surface area contributed by atoms with E-state index in [2.05, 4.69) is 0 Å². The molecular formula is C12H21NO2. The molecule has 3 nitrogen and oxygen atoms in total. The molecular weight excluding hydrogens is 190 g/mol. The number of rotatable bonds is 2. The predicted octanol–water partition coefficient (Wildman–Crippen LogP) is 1.57. The van der Waals surface area contributed by atoms with Gasteiger partial charge in [-0.25, -0.2) is 0 Å². The highest BCUT2D eigenvalue weighted by Gasteiger charge is 2.27. The van der Waals surface area contributed by atoms with Crippen LogP contribution in [0.15, 0.2) is 11.6 Å². The van der Waals surface area contributed by atoms with Gasteiger partial charge in [-0.3, -0.25) is 4.79 Å². The standard InChI is InChI=1S/C12H21NO2/c1-4-5-9(2)12(15)13-7-6-11(14)10(3)8-13/h5,10-11,14H,4,6-8H2,1-3H3/b9-5-. The minimum atomic E-state index is -0.246. The van der Waals surface area contributed by atoms with Crippen LogP contribution in [0.2, 0.25) is 0 Å². The van der Waals surface area contributed by atoms with Gasteiger partial charge < -0.3 is 10.0 Å². The van der Waals surface area contributed by atoms with Crippen LogP contribution >= 0.6 is 0 Å². The van der Waals surface area contributed by atoms with E-state index in [1.54, 1.807) is 0 Å². The molecule has 0 saturated carbocycles. The first kappa shape index (κ1) is 12.2. The Morgan fingerprint density at radius 1 is 1.60 bits per heavy atom. The number of likely N-dealkylation sites (tertiary alicyclic amines) is 1. The van der Waals surface area contributed by atoms with Gasteiger partial charge in [0.25, 0.3) is 0 Å². The smallest absolute Gasteiger partial charge is 0.249 e. The number of aliphatic hydroxyl groups excluding tert-OH is 1. The third kappa shape index (κ3) is 3.06. The average Bonchev–Trinajstić information content (AvgIpc) is 2.21. The number of hydrogen-bond donors (Lipinski definition) is 1. The van der Waals surface area contributed by atoms with Crippen LogP contribution in [-0.2, 0) is 4.79 Å². The SMILES string of the molecule is CC/C=C(/C)C(=O)N1CCC(O)C(C)C1. The molecule has 0 radical (unpaired) electrons. The van der Waals surface area contributed by atoms with Crippen LogP contribution in [0.3, 0.4) is 0 Å². The van der Waals surface area contributed by atoms with Gasteiger partial charge in [0, 0.05) is 18.7 Å². The molecule has 0 bridgehead atoms. The molecule has 3 heteroatoms. The van der Waals surface area contributed by atoms with Crippen LogP contribution in [0.1, 0.15) is 33.6 Å². The summed E-state index contributed by atoms with van der Waals surface area (Å²) in [7, 11) is 0. The molecule has 1 fully saturated rings. The largest absolute Gasteiger partial charge is 0.393 e. The summed E-state index contributed by atoms with van der Waals surface area (Å²) in [6, 6.07) is 0. The number of nitrogens with zero attached hydrogens (tertiary/aromatic N) is 1. The van der Waals surface area contributed by atoms with E-state index in [-0.39, 0.29) is 17.9 Å². The minimum absolute atomic E-state index is 0.121. The number of piperidine rings is 1. The Balaban J connectivity index is 2.58. The highest BCUT2D eigenvalue weighted by molar-refractivity contribution is 5.92. The Morgan fingerprint density at radius 2 is 2.27 bits per heavy atom. The molecule has 15 heavy (non-hydrogen) atoms. The molecule has 1 amide bonds. The van der Waals surface area contributed by atoms with Gasteiger partial charge >= 0.3 is 0 Å². The van der Waals surface area contributed by atoms with Crippen molar-refractivity contribution in [3.8, 4) is 0 Å². The Morgan fingerprint density at radius 3 is 2.80 bits per heavy atom. The Hall–Kier alpha value is -0.830. The molecule has 86 valence electrons. The maximum Gasteiger partial charge on any atom is 0.249 e. The van der Waals surface area contributed by atoms with Gasteiger partial charge in [0.1, 0.15) is 0 Å². The number of amides is 1. The summed E-state index contributed by atoms with van der Waals surface area (Å²) in [4.78, 5) is 13.8. The van der Waals surface area contributed by atoms with E-state index in [9.17, 15) is 9.90 Å². The summed E-state index contributed by atoms with van der Waals surface area (Å²) < 4.78 is 0. The van der Waals surface area contributed by atoms with Crippen LogP contribution < -0.4 is 0 Å². The molecule has 0 spiro atoms. The average molecular weight is 211 g/mol. The lowest BCUT2D eigenvalue weighted by Gasteiger charge is -2.34. The van der Waals surface area contributed by atoms with E-state index in [4.69, 9.17) is 0 Å². The summed E-state index contributed by atoms with van der Waals surface area (Å²) in [5, 5.41) is 9.57. The lowest BCUT2D eigenvalue weighted by atomic mass is 9.96. The summed E-state index contributed by atoms with van der Waals surface area (Å²) in [6.07, 6.45) is 3.30. The fourth-order valence-electron chi connectivity index (χ4n) is 1.96. The summed E-state index contributed by atoms with van der Waals surface area (Å²) in [5.74, 6) is 0.313. The van der Waals surface area contributed by atoms with Crippen molar-refractivity contribution in [2.75, 3.05) is 13.1 Å². The van der Waals surface area contributed by atoms with Gasteiger partial charge in [0.15, 0.2) is 0 Å². The van der Waals surface area contributed by atoms with E-state index >= 15 is 0 Å². The normalized spacial score (nSPS) is 28.0. The van der Waals surface area contributed by atoms with Crippen molar-refractivity contribution in [2.45, 2.75) is 39.7 Å². The van der Waals surface area contributed by atoms with E-state index in [1.807, 2.05) is 31.7 Å². The van der Waals surface area contributed by atoms with E-state index < -0.39 is 0 Å². The van der Waals surface area contributed by atoms with Crippen molar-refractivity contribution < 1.29 is 9.90 Å². The Labute approximate surface area is 91.8 Å². The van der Waals surface area contributed by atoms with Crippen LogP contribution in [0.25, 0.3) is 0 Å². The molecule has 0 aromatic heterocycles. The fourth-order valence-corrected chi connectivity index (χ4v) is 1.96. The van der Waals surface area contributed by atoms with Gasteiger partial charge in [-0.2, -0.15) is 0 Å². The monoisotopic (exact) mass is 211 g/mol. The summed E-state index contributed by atoms with van der Waals surface area (Å²) in [5.41, 5.74) is 0.820. The number of hydrogen-bond acceptors (Lipinski definition) is 2. The lowest BCUT2D eigenvalue weighted by Crippen LogP contribution is -2.45. The van der Waals surface area contributed by atoms with Crippen molar-refractivity contribution in [1.82, 2.24) is 4.90 Å². The highest BCUT2D eigenvalue weighted by Crippen LogP contribution is 2.18. The molecule has 0 aliphatic carbocycles. The lowest BCUT2D eigenvalue weighted by molar-refractivity contribution is -0.130. The molecule has 1 aliphatic rings.